The van der Waals surface area contributed by atoms with Crippen LogP contribution in [-0.4, -0.2) is 14.1 Å². The second kappa shape index (κ2) is 14.6. The third-order valence-corrected chi connectivity index (χ3v) is 10.4. The SMILES string of the molecule is [2H]c1c([2H])c([2H])c(-c2cccc(-c3c([2H])c([2H])c([2H])c([2H])c3[2H])c2-[n+]2[c-]n(-c3cccc(Oc4cc5c(c([2H])c4[2H])c4c([2H])c([2H])c([2H])c([2H])c4n5-c4cc(C([2H])(C)C(C)(C)C)ccn4)c3)c3ccccc32)c([2H])c1[2H]. The van der Waals surface area contributed by atoms with Gasteiger partial charge in [0.1, 0.15) is 17.3 Å². The number of rotatable bonds is 8. The van der Waals surface area contributed by atoms with Gasteiger partial charge in [-0.15, -0.1) is 0 Å². The van der Waals surface area contributed by atoms with E-state index in [9.17, 15) is 4.11 Å². The fraction of sp³-hybridized carbons (Fsp3) is 0.111. The molecule has 0 fully saturated rings. The minimum atomic E-state index is -1.14. The highest BCUT2D eigenvalue weighted by atomic mass is 16.5. The minimum Gasteiger partial charge on any atom is -0.458 e. The standard InChI is InChI=1S/C54H44N4O/c1-37(54(2,3)4)40-31-32-55-52(33-40)58-48-26-12-11-23-46(48)47-30-29-43(35-51(47)58)59-42-22-15-21-41(34-42)56-36-57(50-28-14-13-27-49(50)56)53-44(38-17-7-5-8-18-38)24-16-25-45(53)39-19-9-6-10-20-39/h5-35,37H,1-4H3/i5D,6D,7D,8D,9D,10D,11D,12D,17D,18D,19D,20D,23D,26D,29D,30D,37D. The van der Waals surface area contributed by atoms with E-state index < -0.39 is 102 Å². The molecular formula is C54H44N4O. The molecule has 5 nitrogen and oxygen atoms in total. The van der Waals surface area contributed by atoms with Gasteiger partial charge < -0.3 is 4.74 Å². The molecule has 0 aliphatic heterocycles. The maximum atomic E-state index is 9.40. The van der Waals surface area contributed by atoms with Crippen LogP contribution in [0.3, 0.4) is 0 Å². The zero-order chi connectivity index (χ0) is 54.9. The Morgan fingerprint density at radius 3 is 2.08 bits per heavy atom. The molecule has 0 amide bonds. The van der Waals surface area contributed by atoms with Crippen molar-refractivity contribution in [3.8, 4) is 50.9 Å². The largest absolute Gasteiger partial charge is 0.458 e. The highest BCUT2D eigenvalue weighted by Crippen LogP contribution is 2.39. The Hall–Kier alpha value is -7.24. The van der Waals surface area contributed by atoms with Crippen LogP contribution in [-0.2, 0) is 0 Å². The second-order valence-corrected chi connectivity index (χ2v) is 14.9. The number of imidazole rings is 1. The molecule has 59 heavy (non-hydrogen) atoms. The Labute approximate surface area is 368 Å². The van der Waals surface area contributed by atoms with Gasteiger partial charge in [0.05, 0.1) is 55.4 Å². The number of fused-ring (bicyclic) bond motifs is 4. The van der Waals surface area contributed by atoms with Crippen LogP contribution in [0.25, 0.3) is 72.3 Å². The van der Waals surface area contributed by atoms with Gasteiger partial charge in [-0.25, -0.2) is 4.98 Å². The van der Waals surface area contributed by atoms with Crippen LogP contribution in [0.5, 0.6) is 11.5 Å². The Morgan fingerprint density at radius 1 is 0.661 bits per heavy atom. The molecule has 3 aromatic heterocycles. The minimum absolute atomic E-state index is 0.0101. The van der Waals surface area contributed by atoms with Crippen molar-refractivity contribution >= 4 is 32.8 Å². The van der Waals surface area contributed by atoms with Crippen molar-refractivity contribution in [2.45, 2.75) is 33.6 Å². The lowest BCUT2D eigenvalue weighted by molar-refractivity contribution is -0.571. The predicted octanol–water partition coefficient (Wildman–Crippen LogP) is 13.5. The highest BCUT2D eigenvalue weighted by Gasteiger charge is 2.24. The summed E-state index contributed by atoms with van der Waals surface area (Å²) in [6, 6.07) is 14.7. The lowest BCUT2D eigenvalue weighted by Crippen LogP contribution is -2.31. The van der Waals surface area contributed by atoms with Gasteiger partial charge >= 0.3 is 0 Å². The number of benzene rings is 7. The van der Waals surface area contributed by atoms with Crippen molar-refractivity contribution in [2.24, 2.45) is 5.41 Å². The van der Waals surface area contributed by atoms with E-state index in [-0.39, 0.29) is 73.1 Å². The third-order valence-electron chi connectivity index (χ3n) is 10.4. The number of para-hydroxylation sites is 4. The Bertz CT molecular complexity index is 4000. The molecular weight excluding hydrogens is 721 g/mol. The van der Waals surface area contributed by atoms with Gasteiger partial charge in [0.2, 0.25) is 0 Å². The van der Waals surface area contributed by atoms with Crippen molar-refractivity contribution in [3.05, 3.63) is 200 Å². The summed E-state index contributed by atoms with van der Waals surface area (Å²) < 4.78 is 161. The van der Waals surface area contributed by atoms with Crippen LogP contribution in [0.15, 0.2) is 188 Å². The fourth-order valence-corrected chi connectivity index (χ4v) is 7.25. The van der Waals surface area contributed by atoms with Crippen LogP contribution in [0.4, 0.5) is 0 Å². The molecule has 1 unspecified atom stereocenters. The molecule has 0 aliphatic carbocycles. The molecule has 5 heteroatoms. The predicted molar refractivity (Wildman–Crippen MR) is 241 cm³/mol. The van der Waals surface area contributed by atoms with Gasteiger partial charge in [0.25, 0.3) is 6.33 Å². The maximum absolute atomic E-state index is 9.40. The van der Waals surface area contributed by atoms with Crippen LogP contribution >= 0.6 is 0 Å². The molecule has 7 aromatic carbocycles. The van der Waals surface area contributed by atoms with Gasteiger partial charge in [-0.3, -0.25) is 13.7 Å². The Balaban J connectivity index is 1.18. The van der Waals surface area contributed by atoms with E-state index in [0.29, 0.717) is 22.3 Å². The summed E-state index contributed by atoms with van der Waals surface area (Å²) in [5.41, 5.74) is 1.43. The van der Waals surface area contributed by atoms with E-state index in [1.807, 2.05) is 20.8 Å². The molecule has 0 radical (unpaired) electrons. The van der Waals surface area contributed by atoms with Crippen molar-refractivity contribution in [1.82, 2.24) is 14.1 Å². The summed E-state index contributed by atoms with van der Waals surface area (Å²) in [6.45, 7) is 7.58. The van der Waals surface area contributed by atoms with Crippen molar-refractivity contribution < 1.29 is 32.6 Å². The zero-order valence-electron chi connectivity index (χ0n) is 49.4. The average molecular weight is 782 g/mol. The van der Waals surface area contributed by atoms with Gasteiger partial charge in [0, 0.05) is 24.4 Å². The molecule has 0 spiro atoms. The molecule has 1 atom stereocenters. The first-order valence-electron chi connectivity index (χ1n) is 27.3. The fourth-order valence-electron chi connectivity index (χ4n) is 7.25. The summed E-state index contributed by atoms with van der Waals surface area (Å²) >= 11 is 0. The lowest BCUT2D eigenvalue weighted by Gasteiger charge is -2.27. The number of hydrogen-bond acceptors (Lipinski definition) is 2. The maximum Gasteiger partial charge on any atom is 0.269 e. The van der Waals surface area contributed by atoms with E-state index in [4.69, 9.17) is 23.9 Å². The summed E-state index contributed by atoms with van der Waals surface area (Å²) in [7, 11) is 0. The van der Waals surface area contributed by atoms with Gasteiger partial charge in [-0.2, -0.15) is 0 Å². The number of nitrogens with zero attached hydrogens (tertiary/aromatic N) is 4. The number of ether oxygens (including phenoxy) is 1. The van der Waals surface area contributed by atoms with Crippen LogP contribution < -0.4 is 9.30 Å². The summed E-state index contributed by atoms with van der Waals surface area (Å²) in [5.74, 6) is -0.873. The molecule has 286 valence electrons. The molecule has 0 saturated heterocycles. The average Bonchev–Trinajstić information content (AvgIpc) is 3.99. The molecule has 0 N–H and O–H groups in total. The van der Waals surface area contributed by atoms with Crippen LogP contribution in [0.1, 0.15) is 62.5 Å². The number of pyridine rings is 1. The Morgan fingerprint density at radius 2 is 1.34 bits per heavy atom. The van der Waals surface area contributed by atoms with Gasteiger partial charge in [0.15, 0.2) is 0 Å². The third kappa shape index (κ3) is 6.55. The smallest absolute Gasteiger partial charge is 0.269 e. The monoisotopic (exact) mass is 781 g/mol. The van der Waals surface area contributed by atoms with E-state index >= 15 is 0 Å². The molecule has 0 saturated carbocycles. The molecule has 10 aromatic rings. The van der Waals surface area contributed by atoms with Crippen molar-refractivity contribution in [2.75, 3.05) is 0 Å². The quantitative estimate of drug-likeness (QED) is 0.114. The summed E-state index contributed by atoms with van der Waals surface area (Å²) in [5, 5.41) is 0.0745. The molecule has 0 aliphatic rings. The topological polar surface area (TPSA) is 35.9 Å². The van der Waals surface area contributed by atoms with Gasteiger partial charge in [-0.05, 0) is 87.6 Å². The normalized spacial score (nSPS) is 16.9. The number of aromatic nitrogens is 4. The zero-order valence-corrected chi connectivity index (χ0v) is 32.4. The van der Waals surface area contributed by atoms with E-state index in [2.05, 4.69) is 11.3 Å². The highest BCUT2D eigenvalue weighted by molar-refractivity contribution is 6.09. The second-order valence-electron chi connectivity index (χ2n) is 14.9. The van der Waals surface area contributed by atoms with Crippen LogP contribution in [0, 0.1) is 11.7 Å². The number of hydrogen-bond donors (Lipinski definition) is 0. The molecule has 0 bridgehead atoms. The molecule has 10 rings (SSSR count). The lowest BCUT2D eigenvalue weighted by atomic mass is 9.78. The summed E-state index contributed by atoms with van der Waals surface area (Å²) in [6.07, 6.45) is 4.86. The molecule has 3 heterocycles. The van der Waals surface area contributed by atoms with E-state index in [1.54, 1.807) is 72.2 Å². The van der Waals surface area contributed by atoms with Gasteiger partial charge in [-0.1, -0.05) is 155 Å². The van der Waals surface area contributed by atoms with Crippen molar-refractivity contribution in [1.29, 1.82) is 0 Å². The van der Waals surface area contributed by atoms with Crippen molar-refractivity contribution in [3.63, 3.8) is 0 Å². The first-order chi connectivity index (χ1) is 35.8. The first-order valence-corrected chi connectivity index (χ1v) is 18.8. The van der Waals surface area contributed by atoms with Crippen LogP contribution in [0.2, 0.25) is 0 Å². The summed E-state index contributed by atoms with van der Waals surface area (Å²) in [4.78, 5) is 4.63. The first kappa shape index (κ1) is 22.1. The van der Waals surface area contributed by atoms with E-state index in [0.717, 1.165) is 0 Å². The Kier molecular flexibility index (Phi) is 5.46. The van der Waals surface area contributed by atoms with E-state index in [1.165, 1.54) is 39.6 Å².